The van der Waals surface area contributed by atoms with Gasteiger partial charge in [0.05, 0.1) is 6.20 Å². The second-order valence-electron chi connectivity index (χ2n) is 5.82. The zero-order valence-corrected chi connectivity index (χ0v) is 17.1. The van der Waals surface area contributed by atoms with Gasteiger partial charge in [-0.25, -0.2) is 4.98 Å². The quantitative estimate of drug-likeness (QED) is 0.353. The van der Waals surface area contributed by atoms with Crippen LogP contribution in [0, 0.1) is 0 Å². The van der Waals surface area contributed by atoms with Gasteiger partial charge in [0.1, 0.15) is 5.65 Å². The van der Waals surface area contributed by atoms with E-state index in [1.54, 1.807) is 13.2 Å². The number of aromatic nitrogens is 4. The van der Waals surface area contributed by atoms with Crippen LogP contribution in [0.5, 0.6) is 0 Å². The Balaban J connectivity index is 0.00000225. The van der Waals surface area contributed by atoms with E-state index in [0.717, 1.165) is 36.7 Å². The smallest absolute Gasteiger partial charge is 0.193 e. The lowest BCUT2D eigenvalue weighted by Crippen LogP contribution is -2.39. The van der Waals surface area contributed by atoms with E-state index in [0.29, 0.717) is 0 Å². The minimum absolute atomic E-state index is 0. The second kappa shape index (κ2) is 8.84. The number of aryl methyl sites for hydroxylation is 1. The van der Waals surface area contributed by atoms with Crippen LogP contribution in [0.1, 0.15) is 11.1 Å². The third-order valence-electron chi connectivity index (χ3n) is 3.97. The molecule has 0 amide bonds. The van der Waals surface area contributed by atoms with E-state index in [1.165, 1.54) is 10.9 Å². The van der Waals surface area contributed by atoms with E-state index in [-0.39, 0.29) is 24.0 Å². The fourth-order valence-corrected chi connectivity index (χ4v) is 2.82. The van der Waals surface area contributed by atoms with Crippen molar-refractivity contribution in [2.24, 2.45) is 12.0 Å². The van der Waals surface area contributed by atoms with Crippen molar-refractivity contribution in [3.63, 3.8) is 0 Å². The number of nitrogens with one attached hydrogen (secondary N) is 2. The first kappa shape index (κ1) is 19.2. The van der Waals surface area contributed by atoms with Crippen molar-refractivity contribution < 1.29 is 0 Å². The first-order valence-corrected chi connectivity index (χ1v) is 7.97. The molecule has 25 heavy (non-hydrogen) atoms. The van der Waals surface area contributed by atoms with Gasteiger partial charge in [-0.05, 0) is 24.1 Å². The van der Waals surface area contributed by atoms with Crippen LogP contribution in [0.2, 0.25) is 0 Å². The van der Waals surface area contributed by atoms with Crippen molar-refractivity contribution in [2.45, 2.75) is 13.0 Å². The maximum absolute atomic E-state index is 4.36. The van der Waals surface area contributed by atoms with Crippen LogP contribution in [0.3, 0.4) is 0 Å². The number of pyridine rings is 1. The van der Waals surface area contributed by atoms with Gasteiger partial charge in [0.2, 0.25) is 0 Å². The summed E-state index contributed by atoms with van der Waals surface area (Å²) >= 11 is 0. The van der Waals surface area contributed by atoms with Gasteiger partial charge >= 0.3 is 0 Å². The van der Waals surface area contributed by atoms with Crippen LogP contribution in [0.25, 0.3) is 11.0 Å². The second-order valence-corrected chi connectivity index (χ2v) is 5.82. The zero-order valence-electron chi connectivity index (χ0n) is 14.7. The maximum atomic E-state index is 4.36. The molecule has 3 heterocycles. The highest BCUT2D eigenvalue weighted by Gasteiger charge is 2.09. The summed E-state index contributed by atoms with van der Waals surface area (Å²) in [4.78, 5) is 14.0. The summed E-state index contributed by atoms with van der Waals surface area (Å²) in [7, 11) is 5.75. The van der Waals surface area contributed by atoms with E-state index in [4.69, 9.17) is 0 Å². The molecule has 3 aromatic heterocycles. The SMILES string of the molecule is CN=C(NCCc1c[nH]c2ncccc12)N(C)Cc1cnn(C)c1.I. The summed E-state index contributed by atoms with van der Waals surface area (Å²) in [5, 5.41) is 8.79. The molecule has 0 aliphatic carbocycles. The number of guanidine groups is 1. The fraction of sp³-hybridized carbons (Fsp3) is 0.353. The number of fused-ring (bicyclic) bond motifs is 1. The number of halogens is 1. The third-order valence-corrected chi connectivity index (χ3v) is 3.97. The van der Waals surface area contributed by atoms with E-state index in [2.05, 4.69) is 36.3 Å². The number of rotatable bonds is 5. The first-order valence-electron chi connectivity index (χ1n) is 7.97. The minimum atomic E-state index is 0. The molecule has 0 fully saturated rings. The van der Waals surface area contributed by atoms with Crippen molar-refractivity contribution in [3.05, 3.63) is 48.0 Å². The van der Waals surface area contributed by atoms with E-state index in [9.17, 15) is 0 Å². The standard InChI is InChI=1S/C17H23N7.HI/c1-18-17(23(2)11-13-9-22-24(3)12-13)20-8-6-14-10-21-16-15(14)5-4-7-19-16;/h4-5,7,9-10,12H,6,8,11H2,1-3H3,(H,18,20)(H,19,21);1H. The molecule has 2 N–H and O–H groups in total. The van der Waals surface area contributed by atoms with Crippen LogP contribution in [-0.4, -0.2) is 51.2 Å². The Hall–Kier alpha value is -2.10. The lowest BCUT2D eigenvalue weighted by Gasteiger charge is -2.21. The molecule has 0 aliphatic rings. The Labute approximate surface area is 164 Å². The van der Waals surface area contributed by atoms with Gasteiger partial charge in [0, 0.05) is 63.8 Å². The van der Waals surface area contributed by atoms with Crippen LogP contribution in [0.15, 0.2) is 41.9 Å². The molecule has 0 saturated heterocycles. The summed E-state index contributed by atoms with van der Waals surface area (Å²) in [5.74, 6) is 0.872. The number of hydrogen-bond donors (Lipinski definition) is 2. The highest BCUT2D eigenvalue weighted by atomic mass is 127. The topological polar surface area (TPSA) is 74.1 Å². The van der Waals surface area contributed by atoms with Gasteiger partial charge in [-0.2, -0.15) is 5.10 Å². The van der Waals surface area contributed by atoms with E-state index < -0.39 is 0 Å². The number of hydrogen-bond acceptors (Lipinski definition) is 3. The van der Waals surface area contributed by atoms with Crippen molar-refractivity contribution in [1.82, 2.24) is 30.0 Å². The molecule has 134 valence electrons. The molecule has 0 aliphatic heterocycles. The highest BCUT2D eigenvalue weighted by molar-refractivity contribution is 14.0. The Morgan fingerprint density at radius 2 is 2.28 bits per heavy atom. The normalized spacial score (nSPS) is 11.4. The zero-order chi connectivity index (χ0) is 16.9. The third kappa shape index (κ3) is 4.71. The summed E-state index contributed by atoms with van der Waals surface area (Å²) in [6.07, 6.45) is 8.63. The monoisotopic (exact) mass is 453 g/mol. The predicted molar refractivity (Wildman–Crippen MR) is 111 cm³/mol. The Kier molecular flexibility index (Phi) is 6.80. The average Bonchev–Trinajstić information content (AvgIpc) is 3.18. The summed E-state index contributed by atoms with van der Waals surface area (Å²) < 4.78 is 1.81. The molecule has 0 bridgehead atoms. The number of nitrogens with zero attached hydrogens (tertiary/aromatic N) is 5. The molecule has 3 rings (SSSR count). The van der Waals surface area contributed by atoms with Gasteiger partial charge < -0.3 is 15.2 Å². The molecule has 3 aromatic rings. The van der Waals surface area contributed by atoms with Crippen LogP contribution in [0.4, 0.5) is 0 Å². The number of aromatic amines is 1. The molecule has 0 radical (unpaired) electrons. The summed E-state index contributed by atoms with van der Waals surface area (Å²) in [5.41, 5.74) is 3.35. The van der Waals surface area contributed by atoms with Gasteiger partial charge in [-0.3, -0.25) is 9.67 Å². The maximum Gasteiger partial charge on any atom is 0.193 e. The van der Waals surface area contributed by atoms with Gasteiger partial charge in [0.15, 0.2) is 5.96 Å². The lowest BCUT2D eigenvalue weighted by atomic mass is 10.1. The largest absolute Gasteiger partial charge is 0.356 e. The van der Waals surface area contributed by atoms with Gasteiger partial charge in [-0.1, -0.05) is 0 Å². The summed E-state index contributed by atoms with van der Waals surface area (Å²) in [6.45, 7) is 1.58. The lowest BCUT2D eigenvalue weighted by molar-refractivity contribution is 0.477. The van der Waals surface area contributed by atoms with Gasteiger partial charge in [0.25, 0.3) is 0 Å². The molecular weight excluding hydrogens is 429 g/mol. The van der Waals surface area contributed by atoms with Crippen molar-refractivity contribution in [3.8, 4) is 0 Å². The highest BCUT2D eigenvalue weighted by Crippen LogP contribution is 2.15. The van der Waals surface area contributed by atoms with Crippen molar-refractivity contribution in [1.29, 1.82) is 0 Å². The summed E-state index contributed by atoms with van der Waals surface area (Å²) in [6, 6.07) is 4.06. The molecule has 0 aromatic carbocycles. The Morgan fingerprint density at radius 3 is 3.00 bits per heavy atom. The predicted octanol–water partition coefficient (Wildman–Crippen LogP) is 2.16. The van der Waals surface area contributed by atoms with Crippen LogP contribution >= 0.6 is 24.0 Å². The number of aliphatic imine (C=N–C) groups is 1. The Bertz CT molecular complexity index is 836. The Morgan fingerprint density at radius 1 is 1.44 bits per heavy atom. The van der Waals surface area contributed by atoms with Crippen LogP contribution < -0.4 is 5.32 Å². The molecule has 0 saturated carbocycles. The first-order chi connectivity index (χ1) is 11.7. The number of H-pyrrole nitrogens is 1. The molecule has 8 heteroatoms. The molecule has 7 nitrogen and oxygen atoms in total. The van der Waals surface area contributed by atoms with E-state index >= 15 is 0 Å². The van der Waals surface area contributed by atoms with Crippen LogP contribution in [-0.2, 0) is 20.0 Å². The van der Waals surface area contributed by atoms with Crippen molar-refractivity contribution >= 4 is 41.0 Å². The molecular formula is C17H24IN7. The molecule has 0 atom stereocenters. The minimum Gasteiger partial charge on any atom is -0.356 e. The molecule has 0 spiro atoms. The average molecular weight is 453 g/mol. The molecule has 0 unspecified atom stereocenters. The van der Waals surface area contributed by atoms with Gasteiger partial charge in [-0.15, -0.1) is 24.0 Å². The van der Waals surface area contributed by atoms with Crippen molar-refractivity contribution in [2.75, 3.05) is 20.6 Å². The fourth-order valence-electron chi connectivity index (χ4n) is 2.82. The van der Waals surface area contributed by atoms with E-state index in [1.807, 2.05) is 43.4 Å².